The molecule has 0 spiro atoms. The van der Waals surface area contributed by atoms with Crippen LogP contribution >= 0.6 is 22.9 Å². The first kappa shape index (κ1) is 11.5. The second-order valence-electron chi connectivity index (χ2n) is 3.50. The maximum atomic E-state index is 13.8. The molecule has 0 N–H and O–H groups in total. The van der Waals surface area contributed by atoms with E-state index in [-0.39, 0.29) is 11.2 Å². The monoisotopic (exact) mass is 256 g/mol. The standard InChI is InChI=1S/C11H10ClFN2S/c1-6-4-3-5-8(9(6)13)11-15-14-10(16-11)7(2)12/h3-5,7H,1-2H3. The fourth-order valence-electron chi connectivity index (χ4n) is 1.32. The molecular weight excluding hydrogens is 247 g/mol. The number of nitrogens with zero attached hydrogens (tertiary/aromatic N) is 2. The summed E-state index contributed by atoms with van der Waals surface area (Å²) in [6, 6.07) is 5.23. The van der Waals surface area contributed by atoms with E-state index in [1.54, 1.807) is 25.1 Å². The van der Waals surface area contributed by atoms with Crippen molar-refractivity contribution >= 4 is 22.9 Å². The molecule has 0 aliphatic heterocycles. The third kappa shape index (κ3) is 2.08. The second kappa shape index (κ2) is 4.47. The molecule has 0 bridgehead atoms. The number of hydrogen-bond donors (Lipinski definition) is 0. The molecule has 5 heteroatoms. The van der Waals surface area contributed by atoms with Crippen LogP contribution in [0.5, 0.6) is 0 Å². The van der Waals surface area contributed by atoms with Crippen molar-refractivity contribution in [3.05, 3.63) is 34.6 Å². The van der Waals surface area contributed by atoms with Crippen molar-refractivity contribution in [2.24, 2.45) is 0 Å². The van der Waals surface area contributed by atoms with Gasteiger partial charge in [0.05, 0.1) is 5.38 Å². The zero-order valence-corrected chi connectivity index (χ0v) is 10.4. The molecular formula is C11H10ClFN2S. The molecule has 1 aromatic heterocycles. The summed E-state index contributed by atoms with van der Waals surface area (Å²) in [6.07, 6.45) is 0. The van der Waals surface area contributed by atoms with Crippen molar-refractivity contribution in [2.45, 2.75) is 19.2 Å². The highest BCUT2D eigenvalue weighted by molar-refractivity contribution is 7.15. The molecule has 0 saturated heterocycles. The van der Waals surface area contributed by atoms with E-state index in [0.717, 1.165) is 0 Å². The van der Waals surface area contributed by atoms with Crippen molar-refractivity contribution in [2.75, 3.05) is 0 Å². The predicted octanol–water partition coefficient (Wildman–Crippen LogP) is 3.95. The Balaban J connectivity index is 2.47. The van der Waals surface area contributed by atoms with Crippen molar-refractivity contribution in [3.63, 3.8) is 0 Å². The third-order valence-electron chi connectivity index (χ3n) is 2.20. The molecule has 1 atom stereocenters. The van der Waals surface area contributed by atoms with E-state index in [1.165, 1.54) is 11.3 Å². The normalized spacial score (nSPS) is 12.8. The van der Waals surface area contributed by atoms with Gasteiger partial charge in [-0.2, -0.15) is 0 Å². The van der Waals surface area contributed by atoms with Crippen molar-refractivity contribution in [1.82, 2.24) is 10.2 Å². The Morgan fingerprint density at radius 2 is 2.12 bits per heavy atom. The van der Waals surface area contributed by atoms with Crippen LogP contribution in [0.15, 0.2) is 18.2 Å². The minimum atomic E-state index is -0.243. The summed E-state index contributed by atoms with van der Waals surface area (Å²) in [5, 5.41) is 8.97. The third-order valence-corrected chi connectivity index (χ3v) is 3.68. The van der Waals surface area contributed by atoms with Crippen LogP contribution in [0.4, 0.5) is 4.39 Å². The molecule has 0 radical (unpaired) electrons. The smallest absolute Gasteiger partial charge is 0.150 e. The summed E-state index contributed by atoms with van der Waals surface area (Å²) in [5.41, 5.74) is 1.09. The van der Waals surface area contributed by atoms with Crippen molar-refractivity contribution in [1.29, 1.82) is 0 Å². The minimum Gasteiger partial charge on any atom is -0.206 e. The topological polar surface area (TPSA) is 25.8 Å². The summed E-state index contributed by atoms with van der Waals surface area (Å²) < 4.78 is 13.8. The van der Waals surface area contributed by atoms with Gasteiger partial charge < -0.3 is 0 Å². The number of alkyl halides is 1. The van der Waals surface area contributed by atoms with Crippen LogP contribution in [-0.2, 0) is 0 Å². The van der Waals surface area contributed by atoms with Gasteiger partial charge in [0.1, 0.15) is 10.8 Å². The van der Waals surface area contributed by atoms with E-state index >= 15 is 0 Å². The van der Waals surface area contributed by atoms with Crippen LogP contribution in [0, 0.1) is 12.7 Å². The summed E-state index contributed by atoms with van der Waals surface area (Å²) in [6.45, 7) is 3.55. The molecule has 0 aliphatic rings. The molecule has 2 aromatic rings. The van der Waals surface area contributed by atoms with Crippen LogP contribution in [0.2, 0.25) is 0 Å². The number of halogens is 2. The highest BCUT2D eigenvalue weighted by Gasteiger charge is 2.14. The molecule has 0 saturated carbocycles. The largest absolute Gasteiger partial charge is 0.206 e. The van der Waals surface area contributed by atoms with Crippen molar-refractivity contribution in [3.8, 4) is 10.6 Å². The molecule has 1 heterocycles. The molecule has 2 nitrogen and oxygen atoms in total. The number of rotatable bonds is 2. The van der Waals surface area contributed by atoms with E-state index in [2.05, 4.69) is 10.2 Å². The van der Waals surface area contributed by atoms with Gasteiger partial charge in [-0.3, -0.25) is 0 Å². The minimum absolute atomic E-state index is 0.195. The summed E-state index contributed by atoms with van der Waals surface area (Å²) in [7, 11) is 0. The highest BCUT2D eigenvalue weighted by Crippen LogP contribution is 2.31. The first-order chi connectivity index (χ1) is 7.59. The fourth-order valence-corrected chi connectivity index (χ4v) is 2.29. The maximum absolute atomic E-state index is 13.8. The van der Waals surface area contributed by atoms with Gasteiger partial charge in [0, 0.05) is 5.56 Å². The fraction of sp³-hybridized carbons (Fsp3) is 0.273. The van der Waals surface area contributed by atoms with E-state index in [9.17, 15) is 4.39 Å². The first-order valence-electron chi connectivity index (χ1n) is 4.82. The lowest BCUT2D eigenvalue weighted by molar-refractivity contribution is 0.621. The van der Waals surface area contributed by atoms with Crippen LogP contribution in [0.1, 0.15) is 22.9 Å². The molecule has 1 aromatic carbocycles. The van der Waals surface area contributed by atoms with Gasteiger partial charge in [-0.05, 0) is 25.5 Å². The van der Waals surface area contributed by atoms with Gasteiger partial charge >= 0.3 is 0 Å². The van der Waals surface area contributed by atoms with E-state index in [1.807, 2.05) is 6.92 Å². The molecule has 0 amide bonds. The number of aromatic nitrogens is 2. The SMILES string of the molecule is Cc1cccc(-c2nnc(C(C)Cl)s2)c1F. The Kier molecular flexibility index (Phi) is 3.21. The van der Waals surface area contributed by atoms with Gasteiger partial charge in [0.15, 0.2) is 5.01 Å². The molecule has 16 heavy (non-hydrogen) atoms. The molecule has 2 rings (SSSR count). The van der Waals surface area contributed by atoms with Gasteiger partial charge in [0.25, 0.3) is 0 Å². The predicted molar refractivity (Wildman–Crippen MR) is 64.3 cm³/mol. The average Bonchev–Trinajstić information content (AvgIpc) is 2.71. The lowest BCUT2D eigenvalue weighted by atomic mass is 10.1. The zero-order valence-electron chi connectivity index (χ0n) is 8.87. The molecule has 0 fully saturated rings. The number of hydrogen-bond acceptors (Lipinski definition) is 3. The van der Waals surface area contributed by atoms with Crippen LogP contribution in [-0.4, -0.2) is 10.2 Å². The van der Waals surface area contributed by atoms with Gasteiger partial charge in [0.2, 0.25) is 0 Å². The van der Waals surface area contributed by atoms with Gasteiger partial charge in [-0.25, -0.2) is 4.39 Å². The molecule has 84 valence electrons. The summed E-state index contributed by atoms with van der Waals surface area (Å²) in [5.74, 6) is -0.243. The molecule has 0 aliphatic carbocycles. The van der Waals surface area contributed by atoms with Crippen LogP contribution < -0.4 is 0 Å². The van der Waals surface area contributed by atoms with E-state index in [0.29, 0.717) is 21.1 Å². The van der Waals surface area contributed by atoms with Gasteiger partial charge in [-0.1, -0.05) is 23.5 Å². The average molecular weight is 257 g/mol. The quantitative estimate of drug-likeness (QED) is 0.761. The lowest BCUT2D eigenvalue weighted by Crippen LogP contribution is -1.87. The van der Waals surface area contributed by atoms with E-state index in [4.69, 9.17) is 11.6 Å². The maximum Gasteiger partial charge on any atom is 0.150 e. The number of aryl methyl sites for hydroxylation is 1. The van der Waals surface area contributed by atoms with E-state index < -0.39 is 0 Å². The number of benzene rings is 1. The second-order valence-corrected chi connectivity index (χ2v) is 5.16. The zero-order chi connectivity index (χ0) is 11.7. The Morgan fingerprint density at radius 3 is 2.75 bits per heavy atom. The highest BCUT2D eigenvalue weighted by atomic mass is 35.5. The molecule has 1 unspecified atom stereocenters. The van der Waals surface area contributed by atoms with Crippen LogP contribution in [0.25, 0.3) is 10.6 Å². The Hall–Kier alpha value is -1.00. The Morgan fingerprint density at radius 1 is 1.38 bits per heavy atom. The summed E-state index contributed by atoms with van der Waals surface area (Å²) >= 11 is 7.21. The Bertz CT molecular complexity index is 510. The van der Waals surface area contributed by atoms with Crippen LogP contribution in [0.3, 0.4) is 0 Å². The van der Waals surface area contributed by atoms with Gasteiger partial charge in [-0.15, -0.1) is 21.8 Å². The van der Waals surface area contributed by atoms with Crippen molar-refractivity contribution < 1.29 is 4.39 Å². The Labute approximate surface area is 102 Å². The lowest BCUT2D eigenvalue weighted by Gasteiger charge is -2.00. The summed E-state index contributed by atoms with van der Waals surface area (Å²) in [4.78, 5) is 0. The first-order valence-corrected chi connectivity index (χ1v) is 6.08.